The molecule has 0 aromatic rings. The maximum atomic E-state index is 13.0. The molecule has 0 fully saturated rings. The van der Waals surface area contributed by atoms with Crippen LogP contribution in [0.1, 0.15) is 264 Å². The first-order chi connectivity index (χ1) is 29.5. The first kappa shape index (κ1) is 60.2. The van der Waals surface area contributed by atoms with E-state index in [4.69, 9.17) is 9.05 Å². The van der Waals surface area contributed by atoms with Gasteiger partial charge >= 0.3 is 7.82 Å². The lowest BCUT2D eigenvalue weighted by Crippen LogP contribution is -2.46. The van der Waals surface area contributed by atoms with E-state index in [1.165, 1.54) is 199 Å². The molecular formula is C52H106N2O6P+. The molecule has 0 aromatic carbocycles. The fourth-order valence-electron chi connectivity index (χ4n) is 8.04. The summed E-state index contributed by atoms with van der Waals surface area (Å²) in [6.07, 6.45) is 52.5. The van der Waals surface area contributed by atoms with Gasteiger partial charge in [-0.15, -0.1) is 0 Å². The molecule has 0 rings (SSSR count). The van der Waals surface area contributed by atoms with Gasteiger partial charge in [0.1, 0.15) is 13.2 Å². The van der Waals surface area contributed by atoms with Crippen LogP contribution in [-0.4, -0.2) is 73.4 Å². The van der Waals surface area contributed by atoms with E-state index in [-0.39, 0.29) is 19.1 Å². The Morgan fingerprint density at radius 2 is 0.885 bits per heavy atom. The maximum absolute atomic E-state index is 13.0. The average Bonchev–Trinajstić information content (AvgIpc) is 3.21. The van der Waals surface area contributed by atoms with Crippen molar-refractivity contribution in [1.29, 1.82) is 0 Å². The SMILES string of the molecule is CCCCCCCC/C=C/CCCCCCCCCCCCCCCC(=O)N[C@@H](COP(=O)(O)OCC[N+](C)(C)C)[C@H](O)CCCCCCCCCCCCCCCCCC. The molecule has 0 bridgehead atoms. The van der Waals surface area contributed by atoms with Crippen molar-refractivity contribution < 1.29 is 32.9 Å². The first-order valence-corrected chi connectivity index (χ1v) is 28.0. The monoisotopic (exact) mass is 886 g/mol. The number of carbonyl (C=O) groups is 1. The predicted octanol–water partition coefficient (Wildman–Crippen LogP) is 15.5. The molecular weight excluding hydrogens is 780 g/mol. The molecule has 0 radical (unpaired) electrons. The molecule has 0 aliphatic rings. The van der Waals surface area contributed by atoms with Gasteiger partial charge in [-0.25, -0.2) is 4.57 Å². The van der Waals surface area contributed by atoms with E-state index < -0.39 is 20.0 Å². The number of nitrogens with one attached hydrogen (secondary N) is 1. The highest BCUT2D eigenvalue weighted by molar-refractivity contribution is 7.47. The van der Waals surface area contributed by atoms with Crippen LogP contribution < -0.4 is 5.32 Å². The van der Waals surface area contributed by atoms with E-state index >= 15 is 0 Å². The summed E-state index contributed by atoms with van der Waals surface area (Å²) in [5, 5.41) is 14.0. The molecule has 364 valence electrons. The van der Waals surface area contributed by atoms with Gasteiger partial charge in [0.05, 0.1) is 39.9 Å². The molecule has 3 N–H and O–H groups in total. The van der Waals surface area contributed by atoms with Crippen molar-refractivity contribution in [3.63, 3.8) is 0 Å². The van der Waals surface area contributed by atoms with Crippen molar-refractivity contribution in [2.24, 2.45) is 0 Å². The Hall–Kier alpha value is -0.760. The molecule has 0 aliphatic carbocycles. The van der Waals surface area contributed by atoms with Gasteiger partial charge in [-0.1, -0.05) is 231 Å². The lowest BCUT2D eigenvalue weighted by molar-refractivity contribution is -0.870. The van der Waals surface area contributed by atoms with Crippen molar-refractivity contribution in [2.75, 3.05) is 40.9 Å². The zero-order chi connectivity index (χ0) is 45.0. The number of hydrogen-bond acceptors (Lipinski definition) is 5. The molecule has 9 heteroatoms. The van der Waals surface area contributed by atoms with Crippen LogP contribution in [0.2, 0.25) is 0 Å². The van der Waals surface area contributed by atoms with Gasteiger partial charge in [-0.2, -0.15) is 0 Å². The largest absolute Gasteiger partial charge is 0.472 e. The number of aliphatic hydroxyl groups is 1. The van der Waals surface area contributed by atoms with Crippen LogP contribution in [0, 0.1) is 0 Å². The maximum Gasteiger partial charge on any atom is 0.472 e. The summed E-state index contributed by atoms with van der Waals surface area (Å²) in [4.78, 5) is 23.3. The van der Waals surface area contributed by atoms with E-state index in [0.29, 0.717) is 23.9 Å². The van der Waals surface area contributed by atoms with Crippen LogP contribution in [0.3, 0.4) is 0 Å². The number of allylic oxidation sites excluding steroid dienone is 2. The summed E-state index contributed by atoms with van der Waals surface area (Å²) >= 11 is 0. The van der Waals surface area contributed by atoms with E-state index in [9.17, 15) is 19.4 Å². The van der Waals surface area contributed by atoms with Crippen molar-refractivity contribution in [3.8, 4) is 0 Å². The van der Waals surface area contributed by atoms with Crippen molar-refractivity contribution >= 4 is 13.7 Å². The third-order valence-electron chi connectivity index (χ3n) is 12.3. The van der Waals surface area contributed by atoms with Crippen LogP contribution in [-0.2, 0) is 18.4 Å². The van der Waals surface area contributed by atoms with Crippen LogP contribution in [0.25, 0.3) is 0 Å². The third-order valence-corrected chi connectivity index (χ3v) is 13.2. The Balaban J connectivity index is 4.18. The molecule has 3 atom stereocenters. The minimum absolute atomic E-state index is 0.0773. The fraction of sp³-hybridized carbons (Fsp3) is 0.942. The van der Waals surface area contributed by atoms with Gasteiger partial charge in [0.25, 0.3) is 0 Å². The van der Waals surface area contributed by atoms with Crippen LogP contribution in [0.5, 0.6) is 0 Å². The van der Waals surface area contributed by atoms with E-state index in [1.807, 2.05) is 21.1 Å². The minimum atomic E-state index is -4.31. The molecule has 0 saturated heterocycles. The predicted molar refractivity (Wildman–Crippen MR) is 263 cm³/mol. The lowest BCUT2D eigenvalue weighted by atomic mass is 10.0. The standard InChI is InChI=1S/C52H105N2O6P/c1-6-8-10-12-14-16-18-20-22-24-25-26-27-28-29-30-32-34-36-38-40-42-44-46-52(56)53-50(49-60-61(57,58)59-48-47-54(3,4)5)51(55)45-43-41-39-37-35-33-31-23-21-19-17-15-13-11-9-7-2/h20,22,50-51,55H,6-19,21,23-49H2,1-5H3,(H-,53,56,57,58)/p+1/b22-20+/t50-,51+/m0/s1. The molecule has 1 amide bonds. The van der Waals surface area contributed by atoms with Gasteiger partial charge < -0.3 is 19.8 Å². The number of unbranched alkanes of at least 4 members (excludes halogenated alkanes) is 34. The molecule has 8 nitrogen and oxygen atoms in total. The number of phosphoric acid groups is 1. The second-order valence-corrected chi connectivity index (χ2v) is 21.1. The highest BCUT2D eigenvalue weighted by atomic mass is 31.2. The summed E-state index contributed by atoms with van der Waals surface area (Å²) in [5.74, 6) is -0.140. The molecule has 0 aliphatic heterocycles. The van der Waals surface area contributed by atoms with Crippen LogP contribution in [0.4, 0.5) is 0 Å². The average molecular weight is 886 g/mol. The number of amides is 1. The Labute approximate surface area is 380 Å². The highest BCUT2D eigenvalue weighted by Gasteiger charge is 2.28. The summed E-state index contributed by atoms with van der Waals surface area (Å²) in [6, 6.07) is -0.756. The minimum Gasteiger partial charge on any atom is -0.391 e. The van der Waals surface area contributed by atoms with Gasteiger partial charge in [0.2, 0.25) is 5.91 Å². The fourth-order valence-corrected chi connectivity index (χ4v) is 8.78. The third kappa shape index (κ3) is 47.0. The van der Waals surface area contributed by atoms with E-state index in [1.54, 1.807) is 0 Å². The number of nitrogens with zero attached hydrogens (tertiary/aromatic N) is 1. The number of hydrogen-bond donors (Lipinski definition) is 3. The molecule has 0 heterocycles. The van der Waals surface area contributed by atoms with Crippen molar-refractivity contribution in [1.82, 2.24) is 5.32 Å². The molecule has 0 saturated carbocycles. The Bertz CT molecular complexity index is 1000. The Kier molecular flexibility index (Phi) is 43.9. The number of likely N-dealkylation sites (N-methyl/N-ethyl adjacent to an activating group) is 1. The van der Waals surface area contributed by atoms with Crippen LogP contribution in [0.15, 0.2) is 12.2 Å². The van der Waals surface area contributed by atoms with E-state index in [2.05, 4.69) is 31.3 Å². The number of rotatable bonds is 49. The molecule has 0 spiro atoms. The summed E-state index contributed by atoms with van der Waals surface area (Å²) in [7, 11) is 1.63. The van der Waals surface area contributed by atoms with Gasteiger partial charge in [0, 0.05) is 6.42 Å². The van der Waals surface area contributed by atoms with Gasteiger partial charge in [-0.3, -0.25) is 13.8 Å². The van der Waals surface area contributed by atoms with E-state index in [0.717, 1.165) is 38.5 Å². The molecule has 0 aromatic heterocycles. The zero-order valence-electron chi connectivity index (χ0n) is 41.4. The second-order valence-electron chi connectivity index (χ2n) is 19.6. The zero-order valence-corrected chi connectivity index (χ0v) is 42.3. The summed E-state index contributed by atoms with van der Waals surface area (Å²) in [5.41, 5.74) is 0. The quantitative estimate of drug-likeness (QED) is 0.0243. The number of phosphoric ester groups is 1. The summed E-state index contributed by atoms with van der Waals surface area (Å²) < 4.78 is 23.7. The number of aliphatic hydroxyl groups excluding tert-OH is 1. The first-order valence-electron chi connectivity index (χ1n) is 26.6. The normalized spacial score (nSPS) is 14.1. The van der Waals surface area contributed by atoms with Crippen LogP contribution >= 0.6 is 7.82 Å². The number of quaternary nitrogens is 1. The van der Waals surface area contributed by atoms with Gasteiger partial charge in [-0.05, 0) is 38.5 Å². The van der Waals surface area contributed by atoms with Crippen molar-refractivity contribution in [2.45, 2.75) is 276 Å². The van der Waals surface area contributed by atoms with Gasteiger partial charge in [0.15, 0.2) is 0 Å². The topological polar surface area (TPSA) is 105 Å². The Morgan fingerprint density at radius 3 is 1.26 bits per heavy atom. The molecule has 1 unspecified atom stereocenters. The smallest absolute Gasteiger partial charge is 0.391 e. The second kappa shape index (κ2) is 44.4. The highest BCUT2D eigenvalue weighted by Crippen LogP contribution is 2.43. The summed E-state index contributed by atoms with van der Waals surface area (Å²) in [6.45, 7) is 4.92. The molecule has 61 heavy (non-hydrogen) atoms. The van der Waals surface area contributed by atoms with Crippen molar-refractivity contribution in [3.05, 3.63) is 12.2 Å². The Morgan fingerprint density at radius 1 is 0.541 bits per heavy atom. The lowest BCUT2D eigenvalue weighted by Gasteiger charge is -2.26. The number of carbonyl (C=O) groups excluding carboxylic acids is 1.